The first-order chi connectivity index (χ1) is 16.0. The first kappa shape index (κ1) is 20.9. The van der Waals surface area contributed by atoms with Crippen molar-refractivity contribution in [3.63, 3.8) is 0 Å². The standard InChI is InChI=1S/C25H30N6OS/c1-15-3-6-18-21(26)22(33-24(18)28-15)23(32)29-17-5-7-19-16(13-17)4-8-20(30-19)31-12-10-25(14-31)9-2-11-27-25/h3-4,6,8,17,27H,2,5,7,9-14,26H2,1H3,(H,29,32)/t17-,25+/m0/s1. The number of pyridine rings is 2. The van der Waals surface area contributed by atoms with Crippen molar-refractivity contribution in [2.45, 2.75) is 57.0 Å². The molecule has 4 N–H and O–H groups in total. The summed E-state index contributed by atoms with van der Waals surface area (Å²) in [7, 11) is 0. The fraction of sp³-hybridized carbons (Fsp3) is 0.480. The zero-order valence-corrected chi connectivity index (χ0v) is 19.8. The Hall–Kier alpha value is -2.71. The van der Waals surface area contributed by atoms with E-state index in [4.69, 9.17) is 10.7 Å². The minimum atomic E-state index is -0.0994. The molecule has 1 amide bonds. The Kier molecular flexibility index (Phi) is 5.03. The van der Waals surface area contributed by atoms with E-state index in [1.807, 2.05) is 19.1 Å². The van der Waals surface area contributed by atoms with Gasteiger partial charge in [-0.25, -0.2) is 9.97 Å². The van der Waals surface area contributed by atoms with Crippen LogP contribution >= 0.6 is 11.3 Å². The van der Waals surface area contributed by atoms with Crippen LogP contribution in [0.4, 0.5) is 11.5 Å². The van der Waals surface area contributed by atoms with Gasteiger partial charge in [0.1, 0.15) is 15.5 Å². The Bertz CT molecular complexity index is 1230. The van der Waals surface area contributed by atoms with Crippen molar-refractivity contribution in [2.24, 2.45) is 0 Å². The molecule has 0 unspecified atom stereocenters. The molecule has 5 heterocycles. The summed E-state index contributed by atoms with van der Waals surface area (Å²) in [6, 6.07) is 8.34. The van der Waals surface area contributed by atoms with E-state index in [0.29, 0.717) is 16.1 Å². The van der Waals surface area contributed by atoms with Gasteiger partial charge in [-0.1, -0.05) is 6.07 Å². The molecule has 6 rings (SSSR count). The summed E-state index contributed by atoms with van der Waals surface area (Å²) >= 11 is 1.37. The molecule has 3 aromatic heterocycles. The Labute approximate surface area is 197 Å². The molecule has 2 fully saturated rings. The highest BCUT2D eigenvalue weighted by Crippen LogP contribution is 2.34. The van der Waals surface area contributed by atoms with E-state index in [0.717, 1.165) is 60.6 Å². The lowest BCUT2D eigenvalue weighted by atomic mass is 9.91. The second-order valence-corrected chi connectivity index (χ2v) is 10.8. The predicted molar refractivity (Wildman–Crippen MR) is 133 cm³/mol. The molecule has 8 heteroatoms. The van der Waals surface area contributed by atoms with Crippen molar-refractivity contribution in [3.05, 3.63) is 46.1 Å². The predicted octanol–water partition coefficient (Wildman–Crippen LogP) is 3.20. The number of nitrogens with zero attached hydrogens (tertiary/aromatic N) is 3. The summed E-state index contributed by atoms with van der Waals surface area (Å²) < 4.78 is 0. The molecule has 172 valence electrons. The lowest BCUT2D eigenvalue weighted by Gasteiger charge is -2.28. The molecular formula is C25H30N6OS. The molecule has 0 radical (unpaired) electrons. The molecule has 1 aliphatic carbocycles. The van der Waals surface area contributed by atoms with Crippen molar-refractivity contribution in [3.8, 4) is 0 Å². The largest absolute Gasteiger partial charge is 0.397 e. The number of aromatic nitrogens is 2. The Balaban J connectivity index is 1.14. The minimum Gasteiger partial charge on any atom is -0.397 e. The normalized spacial score (nSPS) is 24.5. The molecular weight excluding hydrogens is 432 g/mol. The van der Waals surface area contributed by atoms with Crippen LogP contribution in [0.2, 0.25) is 0 Å². The van der Waals surface area contributed by atoms with Crippen molar-refractivity contribution in [2.75, 3.05) is 30.3 Å². The van der Waals surface area contributed by atoms with Crippen LogP contribution in [0.3, 0.4) is 0 Å². The van der Waals surface area contributed by atoms with E-state index >= 15 is 0 Å². The second-order valence-electron chi connectivity index (χ2n) is 9.82. The number of carbonyl (C=O) groups is 1. The average molecular weight is 463 g/mol. The van der Waals surface area contributed by atoms with Crippen LogP contribution in [0.1, 0.15) is 52.3 Å². The monoisotopic (exact) mass is 462 g/mol. The van der Waals surface area contributed by atoms with Gasteiger partial charge in [-0.05, 0) is 75.8 Å². The van der Waals surface area contributed by atoms with Crippen LogP contribution in [-0.2, 0) is 12.8 Å². The molecule has 33 heavy (non-hydrogen) atoms. The van der Waals surface area contributed by atoms with Gasteiger partial charge >= 0.3 is 0 Å². The average Bonchev–Trinajstić information content (AvgIpc) is 3.53. The molecule has 0 saturated carbocycles. The smallest absolute Gasteiger partial charge is 0.263 e. The number of nitrogens with two attached hydrogens (primary N) is 1. The Morgan fingerprint density at radius 2 is 2.18 bits per heavy atom. The molecule has 0 aromatic carbocycles. The lowest BCUT2D eigenvalue weighted by Crippen LogP contribution is -2.42. The van der Waals surface area contributed by atoms with Crippen molar-refractivity contribution < 1.29 is 4.79 Å². The van der Waals surface area contributed by atoms with E-state index in [1.54, 1.807) is 0 Å². The fourth-order valence-electron chi connectivity index (χ4n) is 5.69. The zero-order valence-electron chi connectivity index (χ0n) is 19.0. The quantitative estimate of drug-likeness (QED) is 0.553. The van der Waals surface area contributed by atoms with Crippen molar-refractivity contribution in [1.29, 1.82) is 0 Å². The summed E-state index contributed by atoms with van der Waals surface area (Å²) in [6.45, 7) is 5.22. The summed E-state index contributed by atoms with van der Waals surface area (Å²) in [5, 5.41) is 7.80. The van der Waals surface area contributed by atoms with Gasteiger partial charge in [0, 0.05) is 41.4 Å². The third kappa shape index (κ3) is 3.75. The van der Waals surface area contributed by atoms with Gasteiger partial charge in [0.15, 0.2) is 0 Å². The van der Waals surface area contributed by atoms with Gasteiger partial charge in [0.05, 0.1) is 5.69 Å². The third-order valence-electron chi connectivity index (χ3n) is 7.53. The molecule has 2 atom stereocenters. The number of amides is 1. The highest BCUT2D eigenvalue weighted by atomic mass is 32.1. The van der Waals surface area contributed by atoms with Crippen LogP contribution in [0, 0.1) is 6.92 Å². The van der Waals surface area contributed by atoms with Crippen LogP contribution in [0.5, 0.6) is 0 Å². The summed E-state index contributed by atoms with van der Waals surface area (Å²) in [4.78, 5) is 26.4. The molecule has 2 saturated heterocycles. The van der Waals surface area contributed by atoms with Crippen LogP contribution in [-0.4, -0.2) is 47.1 Å². The number of fused-ring (bicyclic) bond motifs is 2. The zero-order chi connectivity index (χ0) is 22.6. The number of anilines is 2. The Morgan fingerprint density at radius 1 is 1.27 bits per heavy atom. The highest BCUT2D eigenvalue weighted by Gasteiger charge is 2.40. The molecule has 2 aliphatic heterocycles. The number of hydrogen-bond acceptors (Lipinski definition) is 7. The maximum absolute atomic E-state index is 13.0. The molecule has 1 spiro atoms. The number of aryl methyl sites for hydroxylation is 2. The van der Waals surface area contributed by atoms with Gasteiger partial charge in [-0.15, -0.1) is 11.3 Å². The maximum Gasteiger partial charge on any atom is 0.263 e. The molecule has 0 bridgehead atoms. The highest BCUT2D eigenvalue weighted by molar-refractivity contribution is 7.21. The van der Waals surface area contributed by atoms with E-state index in [9.17, 15) is 4.79 Å². The molecule has 3 aliphatic rings. The number of carbonyl (C=O) groups excluding carboxylic acids is 1. The third-order valence-corrected chi connectivity index (χ3v) is 8.65. The summed E-state index contributed by atoms with van der Waals surface area (Å²) in [5.74, 6) is 1.00. The maximum atomic E-state index is 13.0. The minimum absolute atomic E-state index is 0.0923. The van der Waals surface area contributed by atoms with E-state index < -0.39 is 0 Å². The van der Waals surface area contributed by atoms with Crippen LogP contribution in [0.15, 0.2) is 24.3 Å². The van der Waals surface area contributed by atoms with Crippen LogP contribution < -0.4 is 21.3 Å². The van der Waals surface area contributed by atoms with E-state index in [1.165, 1.54) is 41.9 Å². The number of rotatable bonds is 3. The number of hydrogen-bond donors (Lipinski definition) is 3. The molecule has 3 aromatic rings. The summed E-state index contributed by atoms with van der Waals surface area (Å²) in [5.41, 5.74) is 10.5. The molecule has 7 nitrogen and oxygen atoms in total. The van der Waals surface area contributed by atoms with Gasteiger partial charge in [-0.2, -0.15) is 0 Å². The number of thiophene rings is 1. The van der Waals surface area contributed by atoms with Gasteiger partial charge < -0.3 is 21.3 Å². The first-order valence-electron chi connectivity index (χ1n) is 11.9. The topological polar surface area (TPSA) is 96.2 Å². The van der Waals surface area contributed by atoms with E-state index in [-0.39, 0.29) is 11.9 Å². The SMILES string of the molecule is Cc1ccc2c(N)c(C(=O)N[C@H]3CCc4nc(N5CC[C@]6(CCCN6)C5)ccc4C3)sc2n1. The number of nitrogens with one attached hydrogen (secondary N) is 2. The van der Waals surface area contributed by atoms with Gasteiger partial charge in [0.2, 0.25) is 0 Å². The number of nitrogen functional groups attached to an aromatic ring is 1. The summed E-state index contributed by atoms with van der Waals surface area (Å²) in [6.07, 6.45) is 6.34. The van der Waals surface area contributed by atoms with Gasteiger partial charge in [0.25, 0.3) is 5.91 Å². The van der Waals surface area contributed by atoms with Crippen molar-refractivity contribution >= 4 is 39.0 Å². The van der Waals surface area contributed by atoms with E-state index in [2.05, 4.69) is 32.7 Å². The van der Waals surface area contributed by atoms with Crippen molar-refractivity contribution in [1.82, 2.24) is 20.6 Å². The van der Waals surface area contributed by atoms with Gasteiger partial charge in [-0.3, -0.25) is 4.79 Å². The second kappa shape index (κ2) is 7.95. The van der Waals surface area contributed by atoms with Crippen LogP contribution in [0.25, 0.3) is 10.2 Å². The fourth-order valence-corrected chi connectivity index (χ4v) is 6.74. The lowest BCUT2D eigenvalue weighted by molar-refractivity contribution is 0.0938. The Morgan fingerprint density at radius 3 is 3.03 bits per heavy atom. The first-order valence-corrected chi connectivity index (χ1v) is 12.8.